The normalized spacial score (nSPS) is 22.5. The molecular formula is C20H36IN5O2. The molecule has 2 fully saturated rings. The topological polar surface area (TPSA) is 63.9 Å². The Labute approximate surface area is 186 Å². The lowest BCUT2D eigenvalue weighted by molar-refractivity contribution is 0.0893. The smallest absolute Gasteiger partial charge is 0.193 e. The summed E-state index contributed by atoms with van der Waals surface area (Å²) in [6.07, 6.45) is 8.53. The van der Waals surface area contributed by atoms with Gasteiger partial charge in [0.1, 0.15) is 0 Å². The molecule has 1 aromatic heterocycles. The number of hydrogen-bond acceptors (Lipinski definition) is 4. The summed E-state index contributed by atoms with van der Waals surface area (Å²) in [5.41, 5.74) is 1.33. The van der Waals surface area contributed by atoms with Crippen molar-refractivity contribution in [1.29, 1.82) is 0 Å². The molecule has 3 rings (SSSR count). The highest BCUT2D eigenvalue weighted by molar-refractivity contribution is 14.0. The maximum Gasteiger partial charge on any atom is 0.193 e. The van der Waals surface area contributed by atoms with Crippen LogP contribution in [0, 0.1) is 11.8 Å². The Morgan fingerprint density at radius 2 is 2.29 bits per heavy atom. The molecule has 0 radical (unpaired) electrons. The Balaban J connectivity index is 0.00000280. The third kappa shape index (κ3) is 7.51. The van der Waals surface area contributed by atoms with Crippen LogP contribution in [0.15, 0.2) is 17.4 Å². The number of hydrogen-bond donors (Lipinski definition) is 1. The summed E-state index contributed by atoms with van der Waals surface area (Å²) in [6, 6.07) is 0. The molecule has 2 saturated heterocycles. The highest BCUT2D eigenvalue weighted by Crippen LogP contribution is 2.20. The van der Waals surface area contributed by atoms with E-state index < -0.39 is 0 Å². The van der Waals surface area contributed by atoms with E-state index in [0.29, 0.717) is 11.8 Å². The Kier molecular flexibility index (Phi) is 10.6. The lowest BCUT2D eigenvalue weighted by atomic mass is 10.0. The van der Waals surface area contributed by atoms with Crippen LogP contribution in [0.1, 0.15) is 31.7 Å². The van der Waals surface area contributed by atoms with Gasteiger partial charge in [-0.25, -0.2) is 0 Å². The first kappa shape index (κ1) is 23.4. The minimum absolute atomic E-state index is 0. The number of aryl methyl sites for hydroxylation is 1. The van der Waals surface area contributed by atoms with Gasteiger partial charge in [-0.2, -0.15) is 5.10 Å². The summed E-state index contributed by atoms with van der Waals surface area (Å²) in [7, 11) is 1.98. The number of nitrogens with zero attached hydrogens (tertiary/aromatic N) is 4. The summed E-state index contributed by atoms with van der Waals surface area (Å²) in [4.78, 5) is 7.22. The molecule has 28 heavy (non-hydrogen) atoms. The van der Waals surface area contributed by atoms with Crippen molar-refractivity contribution in [2.24, 2.45) is 23.9 Å². The third-order valence-electron chi connectivity index (χ3n) is 5.29. The van der Waals surface area contributed by atoms with Crippen LogP contribution in [0.4, 0.5) is 0 Å². The second-order valence-electron chi connectivity index (χ2n) is 7.72. The highest BCUT2D eigenvalue weighted by atomic mass is 127. The van der Waals surface area contributed by atoms with Crippen molar-refractivity contribution in [2.45, 2.75) is 32.6 Å². The van der Waals surface area contributed by atoms with Crippen LogP contribution in [0.5, 0.6) is 0 Å². The van der Waals surface area contributed by atoms with Gasteiger partial charge in [0.15, 0.2) is 5.96 Å². The standard InChI is InChI=1S/C20H35N5O2.HI/c1-3-21-20(22-7-4-9-26-15-18-6-10-27-16-18)25-8-5-17(14-25)11-19-12-23-24(2)13-19;/h12-13,17-18H,3-11,14-16H2,1-2H3,(H,21,22);1H. The zero-order chi connectivity index (χ0) is 18.9. The van der Waals surface area contributed by atoms with Gasteiger partial charge in [0.25, 0.3) is 0 Å². The van der Waals surface area contributed by atoms with Crippen molar-refractivity contribution in [3.05, 3.63) is 18.0 Å². The predicted octanol–water partition coefficient (Wildman–Crippen LogP) is 2.31. The first-order chi connectivity index (χ1) is 13.2. The number of aromatic nitrogens is 2. The van der Waals surface area contributed by atoms with E-state index >= 15 is 0 Å². The van der Waals surface area contributed by atoms with Gasteiger partial charge in [-0.1, -0.05) is 0 Å². The Morgan fingerprint density at radius 3 is 3.00 bits per heavy atom. The van der Waals surface area contributed by atoms with Gasteiger partial charge in [-0.15, -0.1) is 24.0 Å². The summed E-state index contributed by atoms with van der Waals surface area (Å²) in [6.45, 7) is 9.35. The Bertz CT molecular complexity index is 589. The number of likely N-dealkylation sites (tertiary alicyclic amines) is 1. The van der Waals surface area contributed by atoms with E-state index in [0.717, 1.165) is 77.8 Å². The molecule has 2 aliphatic heterocycles. The number of halogens is 1. The summed E-state index contributed by atoms with van der Waals surface area (Å²) in [5.74, 6) is 2.32. The first-order valence-electron chi connectivity index (χ1n) is 10.4. The van der Waals surface area contributed by atoms with Crippen molar-refractivity contribution < 1.29 is 9.47 Å². The zero-order valence-corrected chi connectivity index (χ0v) is 19.6. The molecule has 0 aliphatic carbocycles. The van der Waals surface area contributed by atoms with E-state index in [2.05, 4.69) is 28.4 Å². The molecule has 0 bridgehead atoms. The van der Waals surface area contributed by atoms with Crippen LogP contribution in [-0.2, 0) is 22.9 Å². The zero-order valence-electron chi connectivity index (χ0n) is 17.3. The van der Waals surface area contributed by atoms with Crippen LogP contribution in [0.25, 0.3) is 0 Å². The summed E-state index contributed by atoms with van der Waals surface area (Å²) < 4.78 is 13.0. The van der Waals surface area contributed by atoms with E-state index in [1.807, 2.05) is 17.9 Å². The van der Waals surface area contributed by atoms with Gasteiger partial charge in [0.2, 0.25) is 0 Å². The van der Waals surface area contributed by atoms with Crippen molar-refractivity contribution in [2.75, 3.05) is 52.6 Å². The molecule has 2 aliphatic rings. The monoisotopic (exact) mass is 505 g/mol. The fraction of sp³-hybridized carbons (Fsp3) is 0.800. The van der Waals surface area contributed by atoms with Crippen LogP contribution < -0.4 is 5.32 Å². The molecule has 0 aromatic carbocycles. The lowest BCUT2D eigenvalue weighted by Crippen LogP contribution is -2.40. The number of guanidine groups is 1. The van der Waals surface area contributed by atoms with E-state index in [1.54, 1.807) is 0 Å². The van der Waals surface area contributed by atoms with E-state index in [4.69, 9.17) is 14.5 Å². The molecule has 8 heteroatoms. The number of aliphatic imine (C=N–C) groups is 1. The average Bonchev–Trinajstić information content (AvgIpc) is 3.40. The maximum atomic E-state index is 5.78. The number of nitrogens with one attached hydrogen (secondary N) is 1. The number of rotatable bonds is 9. The minimum Gasteiger partial charge on any atom is -0.381 e. The molecule has 2 atom stereocenters. The lowest BCUT2D eigenvalue weighted by Gasteiger charge is -2.21. The quantitative estimate of drug-likeness (QED) is 0.242. The van der Waals surface area contributed by atoms with Gasteiger partial charge in [-0.3, -0.25) is 9.67 Å². The fourth-order valence-corrected chi connectivity index (χ4v) is 3.84. The fourth-order valence-electron chi connectivity index (χ4n) is 3.84. The molecule has 160 valence electrons. The molecule has 0 saturated carbocycles. The molecule has 0 amide bonds. The first-order valence-corrected chi connectivity index (χ1v) is 10.4. The molecule has 3 heterocycles. The SMILES string of the molecule is CCNC(=NCCCOCC1CCOC1)N1CCC(Cc2cnn(C)c2)C1.I. The molecule has 1 N–H and O–H groups in total. The number of ether oxygens (including phenoxy) is 2. The van der Waals surface area contributed by atoms with Crippen LogP contribution in [0.2, 0.25) is 0 Å². The van der Waals surface area contributed by atoms with Crippen molar-refractivity contribution in [3.8, 4) is 0 Å². The van der Waals surface area contributed by atoms with Gasteiger partial charge < -0.3 is 19.7 Å². The Morgan fingerprint density at radius 1 is 1.39 bits per heavy atom. The second kappa shape index (κ2) is 12.6. The third-order valence-corrected chi connectivity index (χ3v) is 5.29. The van der Waals surface area contributed by atoms with E-state index in [-0.39, 0.29) is 24.0 Å². The Hall–Kier alpha value is -0.870. The minimum atomic E-state index is 0. The van der Waals surface area contributed by atoms with Crippen molar-refractivity contribution in [3.63, 3.8) is 0 Å². The van der Waals surface area contributed by atoms with Crippen molar-refractivity contribution >= 4 is 29.9 Å². The van der Waals surface area contributed by atoms with Crippen molar-refractivity contribution in [1.82, 2.24) is 20.0 Å². The maximum absolute atomic E-state index is 5.78. The van der Waals surface area contributed by atoms with Gasteiger partial charge >= 0.3 is 0 Å². The highest BCUT2D eigenvalue weighted by Gasteiger charge is 2.25. The molecule has 1 aromatic rings. The largest absolute Gasteiger partial charge is 0.381 e. The molecule has 0 spiro atoms. The van der Waals surface area contributed by atoms with Crippen LogP contribution in [0.3, 0.4) is 0 Å². The summed E-state index contributed by atoms with van der Waals surface area (Å²) in [5, 5.41) is 7.73. The van der Waals surface area contributed by atoms with Gasteiger partial charge in [0.05, 0.1) is 19.4 Å². The predicted molar refractivity (Wildman–Crippen MR) is 122 cm³/mol. The summed E-state index contributed by atoms with van der Waals surface area (Å²) >= 11 is 0. The molecule has 2 unspecified atom stereocenters. The second-order valence-corrected chi connectivity index (χ2v) is 7.72. The van der Waals surface area contributed by atoms with Crippen LogP contribution >= 0.6 is 24.0 Å². The van der Waals surface area contributed by atoms with E-state index in [9.17, 15) is 0 Å². The van der Waals surface area contributed by atoms with Gasteiger partial charge in [-0.05, 0) is 44.1 Å². The van der Waals surface area contributed by atoms with E-state index in [1.165, 1.54) is 12.0 Å². The average molecular weight is 505 g/mol. The molecular weight excluding hydrogens is 469 g/mol. The molecule has 7 nitrogen and oxygen atoms in total. The van der Waals surface area contributed by atoms with Gasteiger partial charge in [0, 0.05) is 58.6 Å². The van der Waals surface area contributed by atoms with Crippen LogP contribution in [-0.4, -0.2) is 73.2 Å².